The monoisotopic (exact) mass is 352 g/mol. The molecule has 3 heterocycles. The van der Waals surface area contributed by atoms with E-state index >= 15 is 0 Å². The maximum absolute atomic E-state index is 11.9. The van der Waals surface area contributed by atoms with Crippen LogP contribution in [-0.2, 0) is 9.53 Å². The standard InChI is InChI=1S/C14H20N6O3S/c21-10(15-2-1-3-20-4-6-23-7-5-20)8-24-14-18-12-11(13(22)19-14)16-9-17-12/h9H,1-8H2,(H,15,21)(H2,16,17,18,19,22). The molecule has 1 fully saturated rings. The molecular weight excluding hydrogens is 332 g/mol. The molecule has 1 aliphatic heterocycles. The van der Waals surface area contributed by atoms with Crippen molar-refractivity contribution in [3.05, 3.63) is 16.7 Å². The maximum Gasteiger partial charge on any atom is 0.277 e. The van der Waals surface area contributed by atoms with E-state index in [0.717, 1.165) is 39.3 Å². The second kappa shape index (κ2) is 8.27. The minimum absolute atomic E-state index is 0.0771. The first-order valence-electron chi connectivity index (χ1n) is 7.85. The molecule has 2 aromatic heterocycles. The van der Waals surface area contributed by atoms with Crippen molar-refractivity contribution in [3.63, 3.8) is 0 Å². The highest BCUT2D eigenvalue weighted by atomic mass is 32.2. The van der Waals surface area contributed by atoms with Crippen molar-refractivity contribution in [3.8, 4) is 0 Å². The van der Waals surface area contributed by atoms with Crippen LogP contribution in [0, 0.1) is 0 Å². The highest BCUT2D eigenvalue weighted by Crippen LogP contribution is 2.12. The summed E-state index contributed by atoms with van der Waals surface area (Å²) in [6.45, 7) is 5.08. The molecule has 0 saturated carbocycles. The van der Waals surface area contributed by atoms with Crippen molar-refractivity contribution in [1.82, 2.24) is 30.2 Å². The smallest absolute Gasteiger partial charge is 0.277 e. The number of ether oxygens (including phenoxy) is 1. The Hall–Kier alpha value is -1.91. The highest BCUT2D eigenvalue weighted by molar-refractivity contribution is 7.99. The minimum atomic E-state index is -0.286. The number of rotatable bonds is 7. The number of amides is 1. The van der Waals surface area contributed by atoms with Crippen LogP contribution < -0.4 is 10.9 Å². The van der Waals surface area contributed by atoms with E-state index in [1.807, 2.05) is 0 Å². The number of fused-ring (bicyclic) bond motifs is 1. The number of hydrogen-bond acceptors (Lipinski definition) is 7. The zero-order valence-corrected chi connectivity index (χ0v) is 14.0. The van der Waals surface area contributed by atoms with E-state index in [2.05, 4.69) is 30.2 Å². The quantitative estimate of drug-likeness (QED) is 0.352. The number of imidazole rings is 1. The molecule has 0 atom stereocenters. The maximum atomic E-state index is 11.9. The molecule has 9 nitrogen and oxygen atoms in total. The third kappa shape index (κ3) is 4.56. The molecule has 3 N–H and O–H groups in total. The zero-order chi connectivity index (χ0) is 16.8. The Balaban J connectivity index is 1.37. The van der Waals surface area contributed by atoms with Crippen LogP contribution in [0.2, 0.25) is 0 Å². The summed E-state index contributed by atoms with van der Waals surface area (Å²) in [5.74, 6) is 0.128. The summed E-state index contributed by atoms with van der Waals surface area (Å²) < 4.78 is 5.30. The summed E-state index contributed by atoms with van der Waals surface area (Å²) >= 11 is 1.19. The van der Waals surface area contributed by atoms with E-state index in [0.29, 0.717) is 22.9 Å². The summed E-state index contributed by atoms with van der Waals surface area (Å²) in [4.78, 5) is 39.5. The normalized spacial score (nSPS) is 15.7. The molecule has 1 saturated heterocycles. The van der Waals surface area contributed by atoms with Gasteiger partial charge in [-0.25, -0.2) is 9.97 Å². The van der Waals surface area contributed by atoms with Crippen LogP contribution in [-0.4, -0.2) is 75.9 Å². The average molecular weight is 352 g/mol. The predicted molar refractivity (Wildman–Crippen MR) is 90.1 cm³/mol. The van der Waals surface area contributed by atoms with Crippen molar-refractivity contribution >= 4 is 28.8 Å². The Morgan fingerprint density at radius 1 is 1.42 bits per heavy atom. The van der Waals surface area contributed by atoms with Crippen LogP contribution in [0.5, 0.6) is 0 Å². The van der Waals surface area contributed by atoms with Gasteiger partial charge in [0, 0.05) is 19.6 Å². The number of morpholine rings is 1. The molecule has 0 unspecified atom stereocenters. The molecule has 0 bridgehead atoms. The third-order valence-electron chi connectivity index (χ3n) is 3.69. The fourth-order valence-corrected chi connectivity index (χ4v) is 3.12. The van der Waals surface area contributed by atoms with Crippen LogP contribution in [0.3, 0.4) is 0 Å². The van der Waals surface area contributed by atoms with Gasteiger partial charge in [0.1, 0.15) is 0 Å². The Bertz CT molecular complexity index is 739. The van der Waals surface area contributed by atoms with Gasteiger partial charge in [0.25, 0.3) is 5.56 Å². The number of carbonyl (C=O) groups is 1. The summed E-state index contributed by atoms with van der Waals surface area (Å²) in [5.41, 5.74) is 0.407. The van der Waals surface area contributed by atoms with Crippen molar-refractivity contribution in [2.24, 2.45) is 0 Å². The van der Waals surface area contributed by atoms with Gasteiger partial charge in [0.05, 0.1) is 25.3 Å². The number of thioether (sulfide) groups is 1. The van der Waals surface area contributed by atoms with Crippen molar-refractivity contribution in [2.75, 3.05) is 45.1 Å². The van der Waals surface area contributed by atoms with Gasteiger partial charge < -0.3 is 15.0 Å². The SMILES string of the molecule is O=C(CSc1nc2nc[nH]c2c(=O)[nH]1)NCCCN1CCOCC1. The van der Waals surface area contributed by atoms with Gasteiger partial charge in [-0.15, -0.1) is 0 Å². The summed E-state index contributed by atoms with van der Waals surface area (Å²) in [6, 6.07) is 0. The lowest BCUT2D eigenvalue weighted by molar-refractivity contribution is -0.118. The average Bonchev–Trinajstić information content (AvgIpc) is 3.07. The van der Waals surface area contributed by atoms with Crippen LogP contribution in [0.25, 0.3) is 11.2 Å². The number of nitrogens with one attached hydrogen (secondary N) is 3. The first kappa shape index (κ1) is 16.9. The largest absolute Gasteiger partial charge is 0.379 e. The number of H-pyrrole nitrogens is 2. The van der Waals surface area contributed by atoms with Crippen molar-refractivity contribution in [2.45, 2.75) is 11.6 Å². The van der Waals surface area contributed by atoms with Gasteiger partial charge in [-0.2, -0.15) is 0 Å². The van der Waals surface area contributed by atoms with E-state index in [9.17, 15) is 9.59 Å². The van der Waals surface area contributed by atoms with Crippen LogP contribution >= 0.6 is 11.8 Å². The van der Waals surface area contributed by atoms with E-state index < -0.39 is 0 Å². The first-order valence-corrected chi connectivity index (χ1v) is 8.84. The van der Waals surface area contributed by atoms with Gasteiger partial charge in [-0.1, -0.05) is 11.8 Å². The molecule has 0 radical (unpaired) electrons. The Kier molecular flexibility index (Phi) is 5.83. The molecule has 3 rings (SSSR count). The second-order valence-electron chi connectivity index (χ2n) is 5.42. The van der Waals surface area contributed by atoms with Gasteiger partial charge in [-0.3, -0.25) is 19.5 Å². The molecule has 0 aromatic carbocycles. The van der Waals surface area contributed by atoms with Crippen molar-refractivity contribution < 1.29 is 9.53 Å². The topological polar surface area (TPSA) is 116 Å². The number of aromatic nitrogens is 4. The lowest BCUT2D eigenvalue weighted by Gasteiger charge is -2.26. The van der Waals surface area contributed by atoms with E-state index in [1.54, 1.807) is 0 Å². The Morgan fingerprint density at radius 3 is 3.08 bits per heavy atom. The van der Waals surface area contributed by atoms with Gasteiger partial charge in [0.15, 0.2) is 16.3 Å². The number of hydrogen-bond donors (Lipinski definition) is 3. The fraction of sp³-hybridized carbons (Fsp3) is 0.571. The van der Waals surface area contributed by atoms with E-state index in [-0.39, 0.29) is 17.2 Å². The molecule has 24 heavy (non-hydrogen) atoms. The zero-order valence-electron chi connectivity index (χ0n) is 13.2. The predicted octanol–water partition coefficient (Wildman–Crippen LogP) is -0.423. The van der Waals surface area contributed by atoms with Crippen LogP contribution in [0.15, 0.2) is 16.3 Å². The lowest BCUT2D eigenvalue weighted by atomic mass is 10.3. The number of aromatic amines is 2. The van der Waals surface area contributed by atoms with Gasteiger partial charge in [0.2, 0.25) is 5.91 Å². The molecular formula is C14H20N6O3S. The summed E-state index contributed by atoms with van der Waals surface area (Å²) in [7, 11) is 0. The molecule has 130 valence electrons. The summed E-state index contributed by atoms with van der Waals surface area (Å²) in [6.07, 6.45) is 2.33. The molecule has 2 aromatic rings. The first-order chi connectivity index (χ1) is 11.7. The molecule has 0 aliphatic carbocycles. The van der Waals surface area contributed by atoms with E-state index in [4.69, 9.17) is 4.74 Å². The molecule has 10 heteroatoms. The van der Waals surface area contributed by atoms with E-state index in [1.165, 1.54) is 18.1 Å². The number of carbonyl (C=O) groups excluding carboxylic acids is 1. The molecule has 1 aliphatic rings. The summed E-state index contributed by atoms with van der Waals surface area (Å²) in [5, 5.41) is 3.27. The van der Waals surface area contributed by atoms with Crippen molar-refractivity contribution in [1.29, 1.82) is 0 Å². The molecule has 0 spiro atoms. The Labute approximate surface area is 142 Å². The minimum Gasteiger partial charge on any atom is -0.379 e. The third-order valence-corrected chi connectivity index (χ3v) is 4.56. The van der Waals surface area contributed by atoms with Crippen LogP contribution in [0.4, 0.5) is 0 Å². The number of nitrogens with zero attached hydrogens (tertiary/aromatic N) is 3. The van der Waals surface area contributed by atoms with Gasteiger partial charge in [-0.05, 0) is 13.0 Å². The fourth-order valence-electron chi connectivity index (χ4n) is 2.43. The second-order valence-corrected chi connectivity index (χ2v) is 6.38. The van der Waals surface area contributed by atoms with Crippen LogP contribution in [0.1, 0.15) is 6.42 Å². The highest BCUT2D eigenvalue weighted by Gasteiger charge is 2.11. The Morgan fingerprint density at radius 2 is 2.25 bits per heavy atom. The van der Waals surface area contributed by atoms with Gasteiger partial charge >= 0.3 is 0 Å². The lowest BCUT2D eigenvalue weighted by Crippen LogP contribution is -2.38. The molecule has 1 amide bonds.